The molecule has 4 heteroatoms. The molecule has 1 amide bonds. The third-order valence-electron chi connectivity index (χ3n) is 2.22. The van der Waals surface area contributed by atoms with Gasteiger partial charge in [0.1, 0.15) is 0 Å². The maximum absolute atomic E-state index is 10.6. The van der Waals surface area contributed by atoms with Crippen LogP contribution < -0.4 is 5.73 Å². The first-order valence-electron chi connectivity index (χ1n) is 4.77. The highest BCUT2D eigenvalue weighted by Crippen LogP contribution is 2.12. The molecule has 1 unspecified atom stereocenters. The molecule has 0 radical (unpaired) electrons. The number of amides is 1. The van der Waals surface area contributed by atoms with E-state index in [2.05, 4.69) is 0 Å². The van der Waals surface area contributed by atoms with Gasteiger partial charge in [-0.2, -0.15) is 0 Å². The molecule has 1 aliphatic heterocycles. The van der Waals surface area contributed by atoms with E-state index >= 15 is 0 Å². The van der Waals surface area contributed by atoms with Crippen LogP contribution in [0.3, 0.4) is 0 Å². The summed E-state index contributed by atoms with van der Waals surface area (Å²) in [5.74, 6) is -0.279. The highest BCUT2D eigenvalue weighted by molar-refractivity contribution is 5.75. The molecule has 0 bridgehead atoms. The van der Waals surface area contributed by atoms with Gasteiger partial charge in [-0.3, -0.25) is 9.69 Å². The Hall–Kier alpha value is -0.610. The first-order valence-corrected chi connectivity index (χ1v) is 4.77. The Bertz CT molecular complexity index is 167. The molecular weight excluding hydrogens is 168 g/mol. The monoisotopic (exact) mass is 186 g/mol. The summed E-state index contributed by atoms with van der Waals surface area (Å²) < 4.78 is 5.54. The molecule has 0 aromatic heterocycles. The molecule has 76 valence electrons. The second-order valence-electron chi connectivity index (χ2n) is 3.65. The number of nitrogens with zero attached hydrogens (tertiary/aromatic N) is 1. The standard InChI is InChI=1S/C9H18N2O2/c1-11(7-9(10)12)6-8-4-2-3-5-13-8/h8H,2-7H2,1H3,(H2,10,12). The first kappa shape index (κ1) is 10.5. The summed E-state index contributed by atoms with van der Waals surface area (Å²) in [4.78, 5) is 12.5. The van der Waals surface area contributed by atoms with Gasteiger partial charge in [0, 0.05) is 13.2 Å². The highest BCUT2D eigenvalue weighted by atomic mass is 16.5. The quantitative estimate of drug-likeness (QED) is 0.671. The van der Waals surface area contributed by atoms with Crippen molar-refractivity contribution < 1.29 is 9.53 Å². The second kappa shape index (κ2) is 5.19. The van der Waals surface area contributed by atoms with E-state index in [1.54, 1.807) is 0 Å². The smallest absolute Gasteiger partial charge is 0.231 e. The van der Waals surface area contributed by atoms with Gasteiger partial charge in [0.05, 0.1) is 12.6 Å². The summed E-state index contributed by atoms with van der Waals surface area (Å²) in [5, 5.41) is 0. The highest BCUT2D eigenvalue weighted by Gasteiger charge is 2.16. The fourth-order valence-corrected chi connectivity index (χ4v) is 1.63. The SMILES string of the molecule is CN(CC(N)=O)CC1CCCCO1. The average molecular weight is 186 g/mol. The van der Waals surface area contributed by atoms with E-state index in [1.807, 2.05) is 11.9 Å². The normalized spacial score (nSPS) is 23.4. The number of carbonyl (C=O) groups is 1. The Morgan fingerprint density at radius 3 is 2.92 bits per heavy atom. The van der Waals surface area contributed by atoms with E-state index in [4.69, 9.17) is 10.5 Å². The maximum atomic E-state index is 10.6. The first-order chi connectivity index (χ1) is 6.18. The summed E-state index contributed by atoms with van der Waals surface area (Å²) in [6.45, 7) is 1.98. The minimum Gasteiger partial charge on any atom is -0.377 e. The molecule has 0 saturated carbocycles. The molecule has 1 atom stereocenters. The predicted octanol–water partition coefficient (Wildman–Crippen LogP) is -0.0274. The number of nitrogens with two attached hydrogens (primary N) is 1. The van der Waals surface area contributed by atoms with Crippen molar-refractivity contribution in [1.82, 2.24) is 4.90 Å². The average Bonchev–Trinajstić information content (AvgIpc) is 2.04. The molecule has 1 saturated heterocycles. The summed E-state index contributed by atoms with van der Waals surface area (Å²) in [6.07, 6.45) is 3.78. The van der Waals surface area contributed by atoms with Crippen molar-refractivity contribution in [2.75, 3.05) is 26.7 Å². The summed E-state index contributed by atoms with van der Waals surface area (Å²) in [6, 6.07) is 0. The lowest BCUT2D eigenvalue weighted by atomic mass is 10.1. The van der Waals surface area contributed by atoms with Crippen molar-refractivity contribution >= 4 is 5.91 Å². The fraction of sp³-hybridized carbons (Fsp3) is 0.889. The van der Waals surface area contributed by atoms with E-state index in [1.165, 1.54) is 6.42 Å². The van der Waals surface area contributed by atoms with Crippen molar-refractivity contribution in [3.63, 3.8) is 0 Å². The van der Waals surface area contributed by atoms with Gasteiger partial charge in [-0.15, -0.1) is 0 Å². The van der Waals surface area contributed by atoms with Crippen molar-refractivity contribution in [3.8, 4) is 0 Å². The second-order valence-corrected chi connectivity index (χ2v) is 3.65. The van der Waals surface area contributed by atoms with Crippen LogP contribution in [0, 0.1) is 0 Å². The van der Waals surface area contributed by atoms with E-state index in [-0.39, 0.29) is 12.0 Å². The molecule has 13 heavy (non-hydrogen) atoms. The topological polar surface area (TPSA) is 55.6 Å². The molecule has 0 aromatic rings. The van der Waals surface area contributed by atoms with Crippen LogP contribution >= 0.6 is 0 Å². The molecule has 1 fully saturated rings. The lowest BCUT2D eigenvalue weighted by Gasteiger charge is -2.26. The van der Waals surface area contributed by atoms with Crippen molar-refractivity contribution in [1.29, 1.82) is 0 Å². The van der Waals surface area contributed by atoms with Gasteiger partial charge in [0.15, 0.2) is 0 Å². The number of hydrogen-bond acceptors (Lipinski definition) is 3. The minimum atomic E-state index is -0.279. The van der Waals surface area contributed by atoms with Crippen LogP contribution in [0.4, 0.5) is 0 Å². The molecular formula is C9H18N2O2. The van der Waals surface area contributed by atoms with Gasteiger partial charge >= 0.3 is 0 Å². The van der Waals surface area contributed by atoms with Crippen LogP contribution in [0.15, 0.2) is 0 Å². The van der Waals surface area contributed by atoms with Gasteiger partial charge < -0.3 is 10.5 Å². The zero-order valence-corrected chi connectivity index (χ0v) is 8.16. The molecule has 4 nitrogen and oxygen atoms in total. The molecule has 1 heterocycles. The third-order valence-corrected chi connectivity index (χ3v) is 2.22. The molecule has 1 aliphatic rings. The molecule has 0 aliphatic carbocycles. The van der Waals surface area contributed by atoms with Crippen molar-refractivity contribution in [2.45, 2.75) is 25.4 Å². The zero-order valence-electron chi connectivity index (χ0n) is 8.16. The van der Waals surface area contributed by atoms with Crippen molar-refractivity contribution in [2.24, 2.45) is 5.73 Å². The Morgan fingerprint density at radius 1 is 1.62 bits per heavy atom. The largest absolute Gasteiger partial charge is 0.377 e. The van der Waals surface area contributed by atoms with Gasteiger partial charge in [-0.25, -0.2) is 0 Å². The van der Waals surface area contributed by atoms with Gasteiger partial charge in [0.2, 0.25) is 5.91 Å². The number of hydrogen-bond donors (Lipinski definition) is 1. The molecule has 0 spiro atoms. The number of ether oxygens (including phenoxy) is 1. The lowest BCUT2D eigenvalue weighted by Crippen LogP contribution is -2.38. The van der Waals surface area contributed by atoms with Gasteiger partial charge in [-0.1, -0.05) is 0 Å². The number of rotatable bonds is 4. The van der Waals surface area contributed by atoms with Gasteiger partial charge in [-0.05, 0) is 26.3 Å². The number of likely N-dealkylation sites (N-methyl/N-ethyl adjacent to an activating group) is 1. The van der Waals surface area contributed by atoms with Crippen LogP contribution in [0.5, 0.6) is 0 Å². The number of carbonyl (C=O) groups excluding carboxylic acids is 1. The third kappa shape index (κ3) is 4.24. The van der Waals surface area contributed by atoms with E-state index in [9.17, 15) is 4.79 Å². The molecule has 1 rings (SSSR count). The van der Waals surface area contributed by atoms with Crippen molar-refractivity contribution in [3.05, 3.63) is 0 Å². The van der Waals surface area contributed by atoms with Crippen LogP contribution in [-0.4, -0.2) is 43.7 Å². The summed E-state index contributed by atoms with van der Waals surface area (Å²) in [5.41, 5.74) is 5.08. The Labute approximate surface area is 79.0 Å². The van der Waals surface area contributed by atoms with Crippen LogP contribution in [0.1, 0.15) is 19.3 Å². The van der Waals surface area contributed by atoms with E-state index in [0.717, 1.165) is 26.0 Å². The van der Waals surface area contributed by atoms with E-state index < -0.39 is 0 Å². The Balaban J connectivity index is 2.18. The zero-order chi connectivity index (χ0) is 9.68. The van der Waals surface area contributed by atoms with Crippen LogP contribution in [0.25, 0.3) is 0 Å². The maximum Gasteiger partial charge on any atom is 0.231 e. The molecule has 0 aromatic carbocycles. The number of primary amides is 1. The summed E-state index contributed by atoms with van der Waals surface area (Å²) in [7, 11) is 1.89. The van der Waals surface area contributed by atoms with Crippen LogP contribution in [0.2, 0.25) is 0 Å². The van der Waals surface area contributed by atoms with E-state index in [0.29, 0.717) is 6.54 Å². The molecule has 2 N–H and O–H groups in total. The minimum absolute atomic E-state index is 0.279. The predicted molar refractivity (Wildman–Crippen MR) is 50.3 cm³/mol. The Kier molecular flexibility index (Phi) is 4.18. The fourth-order valence-electron chi connectivity index (χ4n) is 1.63. The summed E-state index contributed by atoms with van der Waals surface area (Å²) >= 11 is 0. The van der Waals surface area contributed by atoms with Gasteiger partial charge in [0.25, 0.3) is 0 Å². The lowest BCUT2D eigenvalue weighted by molar-refractivity contribution is -0.119. The Morgan fingerprint density at radius 2 is 2.38 bits per heavy atom. The van der Waals surface area contributed by atoms with Crippen LogP contribution in [-0.2, 0) is 9.53 Å².